The Labute approximate surface area is 133 Å². The summed E-state index contributed by atoms with van der Waals surface area (Å²) in [5.41, 5.74) is -0.471. The summed E-state index contributed by atoms with van der Waals surface area (Å²) in [6.07, 6.45) is -3.62. The van der Waals surface area contributed by atoms with Crippen molar-refractivity contribution in [3.05, 3.63) is 41.7 Å². The number of alkyl halides is 5. The Balaban J connectivity index is 2.09. The molecule has 1 aromatic carbocycles. The molecule has 0 aliphatic rings. The van der Waals surface area contributed by atoms with Crippen LogP contribution in [0.1, 0.15) is 11.3 Å². The van der Waals surface area contributed by atoms with Crippen molar-refractivity contribution in [2.75, 3.05) is 5.32 Å². The van der Waals surface area contributed by atoms with Gasteiger partial charge in [-0.15, -0.1) is 0 Å². The highest BCUT2D eigenvalue weighted by Crippen LogP contribution is 2.28. The summed E-state index contributed by atoms with van der Waals surface area (Å²) in [5, 5.41) is 5.54. The van der Waals surface area contributed by atoms with Gasteiger partial charge in [0, 0.05) is 6.20 Å². The van der Waals surface area contributed by atoms with Gasteiger partial charge in [-0.3, -0.25) is 9.48 Å². The largest absolute Gasteiger partial charge is 0.435 e. The number of carbonyl (C=O) groups is 1. The van der Waals surface area contributed by atoms with Crippen LogP contribution in [0, 0.1) is 6.92 Å². The van der Waals surface area contributed by atoms with E-state index in [2.05, 4.69) is 15.2 Å². The van der Waals surface area contributed by atoms with Crippen LogP contribution in [0.15, 0.2) is 30.5 Å². The van der Waals surface area contributed by atoms with Crippen LogP contribution < -0.4 is 10.1 Å². The number of nitrogens with zero attached hydrogens (tertiary/aromatic N) is 2. The maximum absolute atomic E-state index is 12.4. The molecule has 5 nitrogen and oxygen atoms in total. The van der Waals surface area contributed by atoms with E-state index in [-0.39, 0.29) is 11.4 Å². The number of nitrogens with one attached hydrogen (secondary N) is 1. The molecule has 2 rings (SSSR count). The Bertz CT molecular complexity index is 727. The SMILES string of the molecule is Cc1ccc(OC(F)F)c(NC(=O)Cn2ccc(C(F)(F)F)n2)c1. The molecule has 0 saturated carbocycles. The third kappa shape index (κ3) is 4.67. The molecule has 0 spiro atoms. The van der Waals surface area contributed by atoms with Crippen molar-refractivity contribution in [2.45, 2.75) is 26.3 Å². The Morgan fingerprint density at radius 3 is 2.62 bits per heavy atom. The lowest BCUT2D eigenvalue weighted by molar-refractivity contribution is -0.141. The van der Waals surface area contributed by atoms with E-state index in [1.807, 2.05) is 0 Å². The summed E-state index contributed by atoms with van der Waals surface area (Å²) in [5.74, 6) is -0.989. The van der Waals surface area contributed by atoms with E-state index < -0.39 is 30.9 Å². The van der Waals surface area contributed by atoms with Crippen LogP contribution in [0.25, 0.3) is 0 Å². The first-order chi connectivity index (χ1) is 11.1. The molecule has 2 aromatic rings. The number of benzene rings is 1. The summed E-state index contributed by atoms with van der Waals surface area (Å²) in [6.45, 7) is -1.92. The molecular formula is C14H12F5N3O2. The highest BCUT2D eigenvalue weighted by molar-refractivity contribution is 5.92. The number of hydrogen-bond acceptors (Lipinski definition) is 3. The molecule has 1 amide bonds. The molecule has 0 aliphatic heterocycles. The second-order valence-corrected chi connectivity index (χ2v) is 4.82. The van der Waals surface area contributed by atoms with Crippen molar-refractivity contribution in [2.24, 2.45) is 0 Å². The number of anilines is 1. The van der Waals surface area contributed by atoms with Crippen LogP contribution >= 0.6 is 0 Å². The van der Waals surface area contributed by atoms with Crippen LogP contribution in [0.5, 0.6) is 5.75 Å². The molecule has 0 fully saturated rings. The average Bonchev–Trinajstić information content (AvgIpc) is 2.89. The Morgan fingerprint density at radius 1 is 1.33 bits per heavy atom. The van der Waals surface area contributed by atoms with Gasteiger partial charge < -0.3 is 10.1 Å². The highest BCUT2D eigenvalue weighted by Gasteiger charge is 2.33. The molecular weight excluding hydrogens is 337 g/mol. The summed E-state index contributed by atoms with van der Waals surface area (Å²) in [6, 6.07) is 4.90. The Hall–Kier alpha value is -2.65. The van der Waals surface area contributed by atoms with Crippen molar-refractivity contribution in [1.82, 2.24) is 9.78 Å². The second kappa shape index (κ2) is 6.85. The lowest BCUT2D eigenvalue weighted by Gasteiger charge is -2.12. The molecule has 130 valence electrons. The van der Waals surface area contributed by atoms with Gasteiger partial charge in [-0.25, -0.2) is 0 Å². The monoisotopic (exact) mass is 349 g/mol. The van der Waals surface area contributed by atoms with E-state index >= 15 is 0 Å². The minimum atomic E-state index is -4.61. The minimum Gasteiger partial charge on any atom is -0.433 e. The van der Waals surface area contributed by atoms with Crippen LogP contribution in [0.2, 0.25) is 0 Å². The molecule has 0 unspecified atom stereocenters. The number of amides is 1. The number of aromatic nitrogens is 2. The van der Waals surface area contributed by atoms with Gasteiger partial charge in [0.15, 0.2) is 5.69 Å². The molecule has 1 aromatic heterocycles. The zero-order valence-electron chi connectivity index (χ0n) is 12.3. The summed E-state index contributed by atoms with van der Waals surface area (Å²) in [7, 11) is 0. The standard InChI is InChI=1S/C14H12F5N3O2/c1-8-2-3-10(24-13(15)16)9(6-8)20-12(23)7-22-5-4-11(21-22)14(17,18)19/h2-6,13H,7H2,1H3,(H,20,23). The zero-order chi connectivity index (χ0) is 17.9. The van der Waals surface area contributed by atoms with Crippen molar-refractivity contribution in [3.8, 4) is 5.75 Å². The summed E-state index contributed by atoms with van der Waals surface area (Å²) in [4.78, 5) is 11.9. The minimum absolute atomic E-state index is 0.0106. The van der Waals surface area contributed by atoms with Crippen molar-refractivity contribution in [3.63, 3.8) is 0 Å². The van der Waals surface area contributed by atoms with Crippen molar-refractivity contribution < 1.29 is 31.5 Å². The van der Waals surface area contributed by atoms with Crippen LogP contribution in [0.3, 0.4) is 0 Å². The number of hydrogen-bond donors (Lipinski definition) is 1. The number of ether oxygens (including phenoxy) is 1. The molecule has 0 aliphatic carbocycles. The summed E-state index contributed by atoms with van der Waals surface area (Å²) < 4.78 is 67.1. The van der Waals surface area contributed by atoms with Crippen LogP contribution in [-0.4, -0.2) is 22.3 Å². The highest BCUT2D eigenvalue weighted by atomic mass is 19.4. The number of aryl methyl sites for hydroxylation is 1. The number of carbonyl (C=O) groups excluding carboxylic acids is 1. The van der Waals surface area contributed by atoms with E-state index in [0.717, 1.165) is 16.9 Å². The summed E-state index contributed by atoms with van der Waals surface area (Å²) >= 11 is 0. The van der Waals surface area contributed by atoms with Gasteiger partial charge in [0.25, 0.3) is 0 Å². The molecule has 1 N–H and O–H groups in total. The van der Waals surface area contributed by atoms with E-state index in [0.29, 0.717) is 5.56 Å². The zero-order valence-corrected chi connectivity index (χ0v) is 12.3. The number of halogens is 5. The quantitative estimate of drug-likeness (QED) is 0.842. The molecule has 0 atom stereocenters. The van der Waals surface area contributed by atoms with E-state index in [9.17, 15) is 26.7 Å². The topological polar surface area (TPSA) is 56.1 Å². The van der Waals surface area contributed by atoms with Gasteiger partial charge in [0.2, 0.25) is 5.91 Å². The maximum Gasteiger partial charge on any atom is 0.435 e. The molecule has 0 radical (unpaired) electrons. The van der Waals surface area contributed by atoms with Crippen molar-refractivity contribution in [1.29, 1.82) is 0 Å². The third-order valence-corrected chi connectivity index (χ3v) is 2.86. The van der Waals surface area contributed by atoms with Crippen LogP contribution in [0.4, 0.5) is 27.6 Å². The smallest absolute Gasteiger partial charge is 0.433 e. The molecule has 0 bridgehead atoms. The van der Waals surface area contributed by atoms with Crippen LogP contribution in [-0.2, 0) is 17.5 Å². The molecule has 1 heterocycles. The number of rotatable bonds is 5. The van der Waals surface area contributed by atoms with E-state index in [1.165, 1.54) is 18.2 Å². The van der Waals surface area contributed by atoms with E-state index in [1.54, 1.807) is 6.92 Å². The fraction of sp³-hybridized carbons (Fsp3) is 0.286. The lowest BCUT2D eigenvalue weighted by Crippen LogP contribution is -2.20. The normalized spacial score (nSPS) is 11.6. The van der Waals surface area contributed by atoms with Gasteiger partial charge in [-0.05, 0) is 30.7 Å². The van der Waals surface area contributed by atoms with Gasteiger partial charge in [-0.1, -0.05) is 6.07 Å². The van der Waals surface area contributed by atoms with Gasteiger partial charge >= 0.3 is 12.8 Å². The first-order valence-electron chi connectivity index (χ1n) is 6.61. The molecule has 0 saturated heterocycles. The predicted octanol–water partition coefficient (Wildman–Crippen LogP) is 3.45. The second-order valence-electron chi connectivity index (χ2n) is 4.82. The third-order valence-electron chi connectivity index (χ3n) is 2.86. The first-order valence-corrected chi connectivity index (χ1v) is 6.61. The van der Waals surface area contributed by atoms with Gasteiger partial charge in [-0.2, -0.15) is 27.1 Å². The van der Waals surface area contributed by atoms with Gasteiger partial charge in [0.05, 0.1) is 5.69 Å². The first kappa shape index (κ1) is 17.7. The molecule has 24 heavy (non-hydrogen) atoms. The Kier molecular flexibility index (Phi) is 5.05. The van der Waals surface area contributed by atoms with Crippen molar-refractivity contribution >= 4 is 11.6 Å². The lowest BCUT2D eigenvalue weighted by atomic mass is 10.2. The Morgan fingerprint density at radius 2 is 2.04 bits per heavy atom. The fourth-order valence-electron chi connectivity index (χ4n) is 1.88. The van der Waals surface area contributed by atoms with E-state index in [4.69, 9.17) is 0 Å². The fourth-order valence-corrected chi connectivity index (χ4v) is 1.88. The predicted molar refractivity (Wildman–Crippen MR) is 73.7 cm³/mol. The average molecular weight is 349 g/mol. The van der Waals surface area contributed by atoms with Gasteiger partial charge in [0.1, 0.15) is 12.3 Å². The molecule has 10 heteroatoms. The maximum atomic E-state index is 12.4.